The summed E-state index contributed by atoms with van der Waals surface area (Å²) in [5.41, 5.74) is 2.20. The van der Waals surface area contributed by atoms with Crippen molar-refractivity contribution in [2.75, 3.05) is 26.2 Å². The van der Waals surface area contributed by atoms with E-state index in [1.165, 1.54) is 32.4 Å². The molecule has 0 saturated carbocycles. The quantitative estimate of drug-likeness (QED) is 0.904. The lowest BCUT2D eigenvalue weighted by molar-refractivity contribution is 0.161. The van der Waals surface area contributed by atoms with Crippen LogP contribution in [0.4, 0.5) is 4.79 Å². The lowest BCUT2D eigenvalue weighted by atomic mass is 10.1. The van der Waals surface area contributed by atoms with Crippen molar-refractivity contribution in [1.29, 1.82) is 0 Å². The normalized spacial score (nSPS) is 20.8. The number of nitrogens with one attached hydrogen (secondary N) is 1. The maximum absolute atomic E-state index is 12.5. The monoisotopic (exact) mass is 367 g/mol. The molecule has 27 heavy (non-hydrogen) atoms. The second-order valence-electron chi connectivity index (χ2n) is 7.65. The summed E-state index contributed by atoms with van der Waals surface area (Å²) >= 11 is 0. The average molecular weight is 367 g/mol. The SMILES string of the molecule is Cc1nccn1-c1ccc(CNC(=O)N2CC[C@H](N3CCCCC3)C2)cc1. The average Bonchev–Trinajstić information content (AvgIpc) is 3.37. The lowest BCUT2D eigenvalue weighted by Crippen LogP contribution is -2.43. The molecule has 3 heterocycles. The predicted octanol–water partition coefficient (Wildman–Crippen LogP) is 2.95. The summed E-state index contributed by atoms with van der Waals surface area (Å²) in [4.78, 5) is 21.3. The summed E-state index contributed by atoms with van der Waals surface area (Å²) in [5, 5.41) is 3.08. The molecule has 0 radical (unpaired) electrons. The molecule has 0 unspecified atom stereocenters. The van der Waals surface area contributed by atoms with E-state index in [2.05, 4.69) is 39.5 Å². The summed E-state index contributed by atoms with van der Waals surface area (Å²) in [6.07, 6.45) is 8.82. The molecule has 4 rings (SSSR count). The molecule has 2 saturated heterocycles. The van der Waals surface area contributed by atoms with Crippen LogP contribution in [-0.2, 0) is 6.54 Å². The molecule has 0 bridgehead atoms. The number of piperidine rings is 1. The van der Waals surface area contributed by atoms with Gasteiger partial charge in [0.25, 0.3) is 0 Å². The summed E-state index contributed by atoms with van der Waals surface area (Å²) in [7, 11) is 0. The van der Waals surface area contributed by atoms with Crippen molar-refractivity contribution in [2.45, 2.75) is 45.2 Å². The van der Waals surface area contributed by atoms with E-state index < -0.39 is 0 Å². The van der Waals surface area contributed by atoms with Crippen LogP contribution in [0.2, 0.25) is 0 Å². The molecule has 0 spiro atoms. The van der Waals surface area contributed by atoms with Gasteiger partial charge in [-0.05, 0) is 57.0 Å². The van der Waals surface area contributed by atoms with Gasteiger partial charge in [0.15, 0.2) is 0 Å². The Kier molecular flexibility index (Phi) is 5.43. The fourth-order valence-electron chi connectivity index (χ4n) is 4.22. The fourth-order valence-corrected chi connectivity index (χ4v) is 4.22. The first-order chi connectivity index (χ1) is 13.2. The molecule has 2 fully saturated rings. The second-order valence-corrected chi connectivity index (χ2v) is 7.65. The third-order valence-corrected chi connectivity index (χ3v) is 5.84. The Labute approximate surface area is 161 Å². The zero-order valence-corrected chi connectivity index (χ0v) is 16.1. The Morgan fingerprint density at radius 3 is 2.63 bits per heavy atom. The van der Waals surface area contributed by atoms with E-state index >= 15 is 0 Å². The van der Waals surface area contributed by atoms with Crippen LogP contribution in [0.3, 0.4) is 0 Å². The fraction of sp³-hybridized carbons (Fsp3) is 0.524. The van der Waals surface area contributed by atoms with Gasteiger partial charge in [0, 0.05) is 43.8 Å². The number of aromatic nitrogens is 2. The highest BCUT2D eigenvalue weighted by Gasteiger charge is 2.30. The van der Waals surface area contributed by atoms with Crippen LogP contribution < -0.4 is 5.32 Å². The number of rotatable bonds is 4. The van der Waals surface area contributed by atoms with Crippen LogP contribution in [0, 0.1) is 6.92 Å². The van der Waals surface area contributed by atoms with Gasteiger partial charge in [-0.3, -0.25) is 4.90 Å². The molecular weight excluding hydrogens is 338 g/mol. The predicted molar refractivity (Wildman–Crippen MR) is 106 cm³/mol. The van der Waals surface area contributed by atoms with E-state index in [0.717, 1.165) is 36.6 Å². The number of urea groups is 1. The highest BCUT2D eigenvalue weighted by atomic mass is 16.2. The van der Waals surface area contributed by atoms with Crippen molar-refractivity contribution in [1.82, 2.24) is 24.7 Å². The van der Waals surface area contributed by atoms with E-state index in [-0.39, 0.29) is 6.03 Å². The minimum atomic E-state index is 0.0593. The van der Waals surface area contributed by atoms with Crippen LogP contribution in [0.15, 0.2) is 36.7 Å². The van der Waals surface area contributed by atoms with Gasteiger partial charge >= 0.3 is 6.03 Å². The van der Waals surface area contributed by atoms with E-state index in [0.29, 0.717) is 12.6 Å². The van der Waals surface area contributed by atoms with Crippen LogP contribution in [0.25, 0.3) is 5.69 Å². The Morgan fingerprint density at radius 1 is 1.15 bits per heavy atom. The number of aryl methyl sites for hydroxylation is 1. The van der Waals surface area contributed by atoms with Gasteiger partial charge in [-0.25, -0.2) is 9.78 Å². The molecule has 1 aromatic heterocycles. The largest absolute Gasteiger partial charge is 0.334 e. The molecule has 6 nitrogen and oxygen atoms in total. The topological polar surface area (TPSA) is 53.4 Å². The lowest BCUT2D eigenvalue weighted by Gasteiger charge is -2.32. The highest BCUT2D eigenvalue weighted by Crippen LogP contribution is 2.20. The summed E-state index contributed by atoms with van der Waals surface area (Å²) in [6.45, 7) is 6.68. The van der Waals surface area contributed by atoms with E-state index in [1.807, 2.05) is 22.6 Å². The third kappa shape index (κ3) is 4.16. The van der Waals surface area contributed by atoms with Crippen molar-refractivity contribution >= 4 is 6.03 Å². The minimum absolute atomic E-state index is 0.0593. The molecule has 0 aliphatic carbocycles. The van der Waals surface area contributed by atoms with Gasteiger partial charge in [-0.15, -0.1) is 0 Å². The maximum atomic E-state index is 12.5. The Hall–Kier alpha value is -2.34. The highest BCUT2D eigenvalue weighted by molar-refractivity contribution is 5.74. The minimum Gasteiger partial charge on any atom is -0.334 e. The molecule has 2 aromatic rings. The third-order valence-electron chi connectivity index (χ3n) is 5.84. The Morgan fingerprint density at radius 2 is 1.93 bits per heavy atom. The van der Waals surface area contributed by atoms with Crippen molar-refractivity contribution in [3.63, 3.8) is 0 Å². The number of nitrogens with zero attached hydrogens (tertiary/aromatic N) is 4. The van der Waals surface area contributed by atoms with Gasteiger partial charge < -0.3 is 14.8 Å². The number of carbonyl (C=O) groups is 1. The molecule has 6 heteroatoms. The van der Waals surface area contributed by atoms with Crippen LogP contribution in [0.5, 0.6) is 0 Å². The summed E-state index contributed by atoms with van der Waals surface area (Å²) in [5.74, 6) is 0.966. The number of imidazole rings is 1. The molecular formula is C21H29N5O. The van der Waals surface area contributed by atoms with Gasteiger partial charge in [0.2, 0.25) is 0 Å². The van der Waals surface area contributed by atoms with Gasteiger partial charge in [0.1, 0.15) is 5.82 Å². The number of likely N-dealkylation sites (tertiary alicyclic amines) is 2. The number of hydrogen-bond donors (Lipinski definition) is 1. The summed E-state index contributed by atoms with van der Waals surface area (Å²) < 4.78 is 2.05. The smallest absolute Gasteiger partial charge is 0.317 e. The molecule has 1 N–H and O–H groups in total. The Balaban J connectivity index is 1.27. The van der Waals surface area contributed by atoms with Crippen molar-refractivity contribution in [2.24, 2.45) is 0 Å². The first-order valence-corrected chi connectivity index (χ1v) is 10.1. The number of benzene rings is 1. The van der Waals surface area contributed by atoms with E-state index in [9.17, 15) is 4.79 Å². The standard InChI is InChI=1S/C21H29N5O/c1-17-22-10-14-26(17)19-7-5-18(6-8-19)15-23-21(27)25-13-9-20(16-25)24-11-3-2-4-12-24/h5-8,10,14,20H,2-4,9,11-13,15-16H2,1H3,(H,23,27)/t20-/m0/s1. The molecule has 2 amide bonds. The first-order valence-electron chi connectivity index (χ1n) is 10.1. The van der Waals surface area contributed by atoms with Gasteiger partial charge in [0.05, 0.1) is 0 Å². The zero-order chi connectivity index (χ0) is 18.6. The first kappa shape index (κ1) is 18.0. The van der Waals surface area contributed by atoms with Gasteiger partial charge in [-0.1, -0.05) is 18.6 Å². The van der Waals surface area contributed by atoms with E-state index in [4.69, 9.17) is 0 Å². The molecule has 144 valence electrons. The number of amides is 2. The van der Waals surface area contributed by atoms with E-state index in [1.54, 1.807) is 6.20 Å². The van der Waals surface area contributed by atoms with Crippen molar-refractivity contribution in [3.05, 3.63) is 48.0 Å². The second kappa shape index (κ2) is 8.13. The number of hydrogen-bond acceptors (Lipinski definition) is 3. The van der Waals surface area contributed by atoms with Crippen LogP contribution in [-0.4, -0.2) is 57.6 Å². The zero-order valence-electron chi connectivity index (χ0n) is 16.1. The van der Waals surface area contributed by atoms with Gasteiger partial charge in [-0.2, -0.15) is 0 Å². The molecule has 1 aromatic carbocycles. The summed E-state index contributed by atoms with van der Waals surface area (Å²) in [6, 6.07) is 8.87. The Bertz CT molecular complexity index is 763. The van der Waals surface area contributed by atoms with Crippen molar-refractivity contribution in [3.8, 4) is 5.69 Å². The molecule has 1 atom stereocenters. The van der Waals surface area contributed by atoms with Crippen LogP contribution in [0.1, 0.15) is 37.1 Å². The molecule has 2 aliphatic rings. The van der Waals surface area contributed by atoms with Crippen LogP contribution >= 0.6 is 0 Å². The van der Waals surface area contributed by atoms with Crippen molar-refractivity contribution < 1.29 is 4.79 Å². The maximum Gasteiger partial charge on any atom is 0.317 e. The number of carbonyl (C=O) groups excluding carboxylic acids is 1. The molecule has 2 aliphatic heterocycles.